The molecule has 4 fully saturated rings. The quantitative estimate of drug-likeness (QED) is 0.829. The molecule has 1 N–H and O–H groups in total. The van der Waals surface area contributed by atoms with Crippen LogP contribution < -0.4 is 0 Å². The molecule has 3 aliphatic carbocycles. The van der Waals surface area contributed by atoms with Crippen LogP contribution in [0.15, 0.2) is 0 Å². The molecule has 0 unspecified atom stereocenters. The Morgan fingerprint density at radius 3 is 2.53 bits per heavy atom. The zero-order valence-corrected chi connectivity index (χ0v) is 12.5. The minimum atomic E-state index is -0.00472. The van der Waals surface area contributed by atoms with Crippen LogP contribution in [-0.4, -0.2) is 27.3 Å². The summed E-state index contributed by atoms with van der Waals surface area (Å²) in [6, 6.07) is 0. The Bertz CT molecular complexity index is 286. The van der Waals surface area contributed by atoms with Gasteiger partial charge in [-0.3, -0.25) is 0 Å². The molecule has 17 heavy (non-hydrogen) atoms. The van der Waals surface area contributed by atoms with Gasteiger partial charge >= 0.3 is 0 Å². The van der Waals surface area contributed by atoms with E-state index in [1.165, 1.54) is 30.8 Å². The van der Waals surface area contributed by atoms with Crippen molar-refractivity contribution in [2.75, 3.05) is 11.5 Å². The van der Waals surface area contributed by atoms with Gasteiger partial charge in [-0.25, -0.2) is 0 Å². The van der Waals surface area contributed by atoms with Gasteiger partial charge in [-0.1, -0.05) is 13.8 Å². The Kier molecular flexibility index (Phi) is 3.46. The number of thioether (sulfide) groups is 2. The normalized spacial score (nSPS) is 45.4. The van der Waals surface area contributed by atoms with E-state index in [0.717, 1.165) is 22.8 Å². The molecule has 1 heterocycles. The van der Waals surface area contributed by atoms with Crippen molar-refractivity contribution in [1.82, 2.24) is 0 Å². The summed E-state index contributed by atoms with van der Waals surface area (Å²) in [6.07, 6.45) is 5.07. The lowest BCUT2D eigenvalue weighted by molar-refractivity contribution is -0.161. The van der Waals surface area contributed by atoms with Crippen LogP contribution in [0.1, 0.15) is 39.5 Å². The van der Waals surface area contributed by atoms with E-state index in [0.29, 0.717) is 11.3 Å². The molecule has 4 aliphatic rings. The predicted octanol–water partition coefficient (Wildman–Crippen LogP) is 3.62. The predicted molar refractivity (Wildman–Crippen MR) is 77.4 cm³/mol. The molecule has 0 amide bonds. The molecule has 4 atom stereocenters. The topological polar surface area (TPSA) is 20.2 Å². The van der Waals surface area contributed by atoms with Crippen molar-refractivity contribution in [2.45, 2.75) is 50.2 Å². The average molecular weight is 272 g/mol. The van der Waals surface area contributed by atoms with E-state index in [9.17, 15) is 5.11 Å². The van der Waals surface area contributed by atoms with Crippen LogP contribution in [0.4, 0.5) is 0 Å². The first-order chi connectivity index (χ1) is 8.09. The van der Waals surface area contributed by atoms with Crippen LogP contribution in [0.2, 0.25) is 0 Å². The van der Waals surface area contributed by atoms with Gasteiger partial charge < -0.3 is 5.11 Å². The van der Waals surface area contributed by atoms with Gasteiger partial charge in [-0.2, -0.15) is 0 Å². The maximum atomic E-state index is 10.3. The monoisotopic (exact) mass is 272 g/mol. The number of hydrogen-bond acceptors (Lipinski definition) is 3. The summed E-state index contributed by atoms with van der Waals surface area (Å²) >= 11 is 4.26. The Morgan fingerprint density at radius 2 is 1.88 bits per heavy atom. The molecule has 0 spiro atoms. The summed E-state index contributed by atoms with van der Waals surface area (Å²) in [5.74, 6) is 4.83. The third-order valence-corrected chi connectivity index (χ3v) is 8.44. The molecule has 1 nitrogen and oxygen atoms in total. The number of hydrogen-bond donors (Lipinski definition) is 1. The third kappa shape index (κ3) is 2.17. The zero-order chi connectivity index (χ0) is 12.0. The van der Waals surface area contributed by atoms with Crippen LogP contribution in [0.5, 0.6) is 0 Å². The second-order valence-corrected chi connectivity index (χ2v) is 9.51. The molecule has 0 aromatic carbocycles. The van der Waals surface area contributed by atoms with Crippen LogP contribution in [0.25, 0.3) is 0 Å². The SMILES string of the molecule is CC1(C)[C@H]2C[C@H](O)[C@@H](CC3SCCCS3)[C@@H]1C2. The lowest BCUT2D eigenvalue weighted by Gasteiger charge is -2.62. The van der Waals surface area contributed by atoms with Crippen molar-refractivity contribution in [3.8, 4) is 0 Å². The maximum Gasteiger partial charge on any atom is 0.0574 e. The van der Waals surface area contributed by atoms with Crippen molar-refractivity contribution in [1.29, 1.82) is 0 Å². The van der Waals surface area contributed by atoms with Crippen LogP contribution >= 0.6 is 23.5 Å². The largest absolute Gasteiger partial charge is 0.393 e. The fraction of sp³-hybridized carbons (Fsp3) is 1.00. The molecular formula is C14H24OS2. The molecule has 2 bridgehead atoms. The molecule has 3 heteroatoms. The highest BCUT2D eigenvalue weighted by Gasteiger charge is 2.57. The average Bonchev–Trinajstić information content (AvgIpc) is 2.32. The van der Waals surface area contributed by atoms with Gasteiger partial charge in [0.15, 0.2) is 0 Å². The van der Waals surface area contributed by atoms with E-state index in [4.69, 9.17) is 0 Å². The minimum Gasteiger partial charge on any atom is -0.393 e. The summed E-state index contributed by atoms with van der Waals surface area (Å²) in [5.41, 5.74) is 0.508. The Labute approximate surface area is 114 Å². The third-order valence-electron chi connectivity index (χ3n) is 5.44. The molecule has 0 aromatic heterocycles. The van der Waals surface area contributed by atoms with Crippen molar-refractivity contribution < 1.29 is 5.11 Å². The van der Waals surface area contributed by atoms with Gasteiger partial charge in [0, 0.05) is 0 Å². The Hall–Kier alpha value is 0.660. The number of fused-ring (bicyclic) bond motifs is 2. The molecule has 1 aliphatic heterocycles. The summed E-state index contributed by atoms with van der Waals surface area (Å²) in [4.78, 5) is 0. The Balaban J connectivity index is 1.64. The highest BCUT2D eigenvalue weighted by Crippen LogP contribution is 2.62. The number of aliphatic hydroxyl groups is 1. The number of rotatable bonds is 2. The highest BCUT2D eigenvalue weighted by molar-refractivity contribution is 8.17. The lowest BCUT2D eigenvalue weighted by Crippen LogP contribution is -2.57. The van der Waals surface area contributed by atoms with E-state index in [1.807, 2.05) is 0 Å². The molecule has 3 saturated carbocycles. The van der Waals surface area contributed by atoms with Gasteiger partial charge in [0.25, 0.3) is 0 Å². The fourth-order valence-electron chi connectivity index (χ4n) is 4.13. The maximum absolute atomic E-state index is 10.3. The van der Waals surface area contributed by atoms with Crippen molar-refractivity contribution >= 4 is 23.5 Å². The second kappa shape index (κ2) is 4.64. The van der Waals surface area contributed by atoms with Crippen molar-refractivity contribution in [2.24, 2.45) is 23.2 Å². The van der Waals surface area contributed by atoms with Gasteiger partial charge in [0.1, 0.15) is 0 Å². The first kappa shape index (κ1) is 12.7. The molecule has 0 aromatic rings. The van der Waals surface area contributed by atoms with Gasteiger partial charge in [-0.15, -0.1) is 23.5 Å². The summed E-state index contributed by atoms with van der Waals surface area (Å²) < 4.78 is 0.761. The molecular weight excluding hydrogens is 248 g/mol. The summed E-state index contributed by atoms with van der Waals surface area (Å²) in [7, 11) is 0. The molecule has 98 valence electrons. The van der Waals surface area contributed by atoms with E-state index < -0.39 is 0 Å². The van der Waals surface area contributed by atoms with Crippen LogP contribution in [-0.2, 0) is 0 Å². The first-order valence-electron chi connectivity index (χ1n) is 7.00. The van der Waals surface area contributed by atoms with E-state index in [1.54, 1.807) is 0 Å². The smallest absolute Gasteiger partial charge is 0.0574 e. The number of aliphatic hydroxyl groups excluding tert-OH is 1. The van der Waals surface area contributed by atoms with Crippen molar-refractivity contribution in [3.63, 3.8) is 0 Å². The second-order valence-electron chi connectivity index (χ2n) is 6.59. The van der Waals surface area contributed by atoms with Crippen molar-refractivity contribution in [3.05, 3.63) is 0 Å². The van der Waals surface area contributed by atoms with E-state index >= 15 is 0 Å². The standard InChI is InChI=1S/C14H24OS2/c1-14(2)9-6-11(14)10(12(15)7-9)8-13-16-4-3-5-17-13/h9-13,15H,3-8H2,1-2H3/t9-,10+,11+,12+/m1/s1. The first-order valence-corrected chi connectivity index (χ1v) is 9.10. The molecule has 1 saturated heterocycles. The van der Waals surface area contributed by atoms with Gasteiger partial charge in [-0.05, 0) is 60.4 Å². The Morgan fingerprint density at radius 1 is 1.18 bits per heavy atom. The minimum absolute atomic E-state index is 0.00472. The van der Waals surface area contributed by atoms with Crippen LogP contribution in [0, 0.1) is 23.2 Å². The zero-order valence-electron chi connectivity index (χ0n) is 10.9. The summed E-state index contributed by atoms with van der Waals surface area (Å²) in [5, 5.41) is 10.3. The molecule has 0 radical (unpaired) electrons. The summed E-state index contributed by atoms with van der Waals surface area (Å²) in [6.45, 7) is 4.84. The van der Waals surface area contributed by atoms with Crippen LogP contribution in [0.3, 0.4) is 0 Å². The van der Waals surface area contributed by atoms with E-state index in [-0.39, 0.29) is 6.10 Å². The van der Waals surface area contributed by atoms with Gasteiger partial charge in [0.2, 0.25) is 0 Å². The lowest BCUT2D eigenvalue weighted by atomic mass is 9.44. The molecule has 4 rings (SSSR count). The fourth-order valence-corrected chi connectivity index (χ4v) is 7.14. The van der Waals surface area contributed by atoms with E-state index in [2.05, 4.69) is 37.4 Å². The highest BCUT2D eigenvalue weighted by atomic mass is 32.2. The van der Waals surface area contributed by atoms with Gasteiger partial charge in [0.05, 0.1) is 10.7 Å².